The van der Waals surface area contributed by atoms with E-state index in [1.807, 2.05) is 6.07 Å². The first-order valence-corrected chi connectivity index (χ1v) is 18.9. The number of esters is 1. The van der Waals surface area contributed by atoms with Gasteiger partial charge in [-0.1, -0.05) is 126 Å². The fourth-order valence-electron chi connectivity index (χ4n) is 6.53. The van der Waals surface area contributed by atoms with E-state index in [1.165, 1.54) is 52.6 Å². The van der Waals surface area contributed by atoms with E-state index in [4.69, 9.17) is 9.47 Å². The number of hydrogen-bond donors (Lipinski definition) is 2. The van der Waals surface area contributed by atoms with Gasteiger partial charge in [0.1, 0.15) is 5.75 Å². The van der Waals surface area contributed by atoms with Crippen molar-refractivity contribution in [3.63, 3.8) is 0 Å². The molecule has 5 nitrogen and oxygen atoms in total. The van der Waals surface area contributed by atoms with Gasteiger partial charge in [0.25, 0.3) is 0 Å². The predicted octanol–water partition coefficient (Wildman–Crippen LogP) is 10.6. The number of carbonyl (C=O) groups is 1. The molecule has 0 aliphatic heterocycles. The summed E-state index contributed by atoms with van der Waals surface area (Å²) in [7, 11) is 0. The van der Waals surface area contributed by atoms with Crippen molar-refractivity contribution in [3.8, 4) is 39.1 Å². The molecule has 5 heteroatoms. The van der Waals surface area contributed by atoms with Crippen molar-refractivity contribution in [3.05, 3.63) is 114 Å². The van der Waals surface area contributed by atoms with Gasteiger partial charge in [-0.3, -0.25) is 0 Å². The molecule has 0 saturated heterocycles. The van der Waals surface area contributed by atoms with Crippen molar-refractivity contribution >= 4 is 5.97 Å². The molecule has 0 radical (unpaired) electrons. The van der Waals surface area contributed by atoms with Gasteiger partial charge in [0, 0.05) is 17.4 Å². The van der Waals surface area contributed by atoms with Gasteiger partial charge >= 0.3 is 5.97 Å². The van der Waals surface area contributed by atoms with Crippen LogP contribution >= 0.6 is 0 Å². The summed E-state index contributed by atoms with van der Waals surface area (Å²) in [5, 5.41) is 20.2. The zero-order chi connectivity index (χ0) is 36.6. The Kier molecular flexibility index (Phi) is 15.5. The van der Waals surface area contributed by atoms with Crippen molar-refractivity contribution in [1.29, 1.82) is 0 Å². The van der Waals surface area contributed by atoms with Gasteiger partial charge in [-0.25, -0.2) is 4.79 Å². The van der Waals surface area contributed by atoms with Crippen LogP contribution in [0.2, 0.25) is 0 Å². The quantitative estimate of drug-likeness (QED) is 0.0517. The average Bonchev–Trinajstić information content (AvgIpc) is 3.17. The number of aliphatic hydroxyl groups is 2. The number of aliphatic hydroxyl groups excluding tert-OH is 2. The van der Waals surface area contributed by atoms with Crippen molar-refractivity contribution < 1.29 is 24.5 Å². The number of hydrogen-bond acceptors (Lipinski definition) is 5. The molecule has 0 aliphatic carbocycles. The molecule has 0 atom stereocenters. The van der Waals surface area contributed by atoms with Gasteiger partial charge in [-0.05, 0) is 101 Å². The number of benzene rings is 4. The van der Waals surface area contributed by atoms with Gasteiger partial charge < -0.3 is 19.7 Å². The van der Waals surface area contributed by atoms with E-state index in [0.29, 0.717) is 30.8 Å². The Morgan fingerprint density at radius 1 is 0.667 bits per heavy atom. The van der Waals surface area contributed by atoms with Crippen LogP contribution in [0.15, 0.2) is 97.1 Å². The maximum absolute atomic E-state index is 12.1. The molecule has 0 saturated carbocycles. The number of aryl methyl sites for hydroxylation is 2. The number of ether oxygens (including phenoxy) is 2. The minimum Gasteiger partial charge on any atom is -0.493 e. The highest BCUT2D eigenvalue weighted by Crippen LogP contribution is 2.34. The van der Waals surface area contributed by atoms with Crippen LogP contribution in [0.3, 0.4) is 0 Å². The molecule has 0 fully saturated rings. The summed E-state index contributed by atoms with van der Waals surface area (Å²) in [5.74, 6) is 0.305. The summed E-state index contributed by atoms with van der Waals surface area (Å²) in [6.45, 7) is 12.3. The molecular weight excluding hydrogens is 633 g/mol. The van der Waals surface area contributed by atoms with E-state index in [9.17, 15) is 15.0 Å². The monoisotopic (exact) mass is 690 g/mol. The van der Waals surface area contributed by atoms with Crippen LogP contribution < -0.4 is 4.74 Å². The molecule has 4 aromatic carbocycles. The summed E-state index contributed by atoms with van der Waals surface area (Å²) in [5.41, 5.74) is 10.4. The maximum atomic E-state index is 12.1. The topological polar surface area (TPSA) is 76.0 Å². The van der Waals surface area contributed by atoms with E-state index in [0.717, 1.165) is 48.8 Å². The lowest BCUT2D eigenvalue weighted by Crippen LogP contribution is -2.32. The molecule has 0 spiro atoms. The van der Waals surface area contributed by atoms with E-state index >= 15 is 0 Å². The summed E-state index contributed by atoms with van der Waals surface area (Å²) in [6.07, 6.45) is 9.49. The molecule has 272 valence electrons. The Morgan fingerprint density at radius 3 is 1.86 bits per heavy atom. The Bertz CT molecular complexity index is 1680. The van der Waals surface area contributed by atoms with Gasteiger partial charge in [-0.15, -0.1) is 0 Å². The smallest absolute Gasteiger partial charge is 0.333 e. The van der Waals surface area contributed by atoms with Crippen LogP contribution in [0.5, 0.6) is 5.75 Å². The summed E-state index contributed by atoms with van der Waals surface area (Å²) < 4.78 is 11.7. The Hall–Kier alpha value is -4.19. The number of carbonyl (C=O) groups excluding carboxylic acids is 1. The Morgan fingerprint density at radius 2 is 1.25 bits per heavy atom. The van der Waals surface area contributed by atoms with Crippen molar-refractivity contribution in [2.45, 2.75) is 91.9 Å². The second kappa shape index (κ2) is 20.0. The zero-order valence-electron chi connectivity index (χ0n) is 31.3. The summed E-state index contributed by atoms with van der Waals surface area (Å²) in [6, 6.07) is 30.7. The first-order chi connectivity index (χ1) is 24.8. The zero-order valence-corrected chi connectivity index (χ0v) is 31.3. The third kappa shape index (κ3) is 11.1. The van der Waals surface area contributed by atoms with Crippen molar-refractivity contribution in [1.82, 2.24) is 0 Å². The lowest BCUT2D eigenvalue weighted by molar-refractivity contribution is -0.138. The molecule has 2 N–H and O–H groups in total. The molecule has 0 unspecified atom stereocenters. The standard InChI is InChI=1S/C46H58O5/c1-6-9-11-12-35-13-15-37(16-14-35)38-17-19-39(20-18-38)40-21-23-43(36(8-3)30-40)41-22-24-44(42(31-41)25-28-51-45(49)34(4)5)50-29-27-46(32-47,33-48)26-10-7-2/h13-24,30-31,47-48H,4,6-12,25-29,32-33H2,1-3,5H3. The highest BCUT2D eigenvalue weighted by atomic mass is 16.5. The van der Waals surface area contributed by atoms with Crippen molar-refractivity contribution in [2.24, 2.45) is 5.41 Å². The number of rotatable bonds is 21. The predicted molar refractivity (Wildman–Crippen MR) is 211 cm³/mol. The third-order valence-electron chi connectivity index (χ3n) is 10.0. The molecule has 0 aliphatic rings. The molecule has 0 bridgehead atoms. The highest BCUT2D eigenvalue weighted by Gasteiger charge is 2.28. The molecule has 51 heavy (non-hydrogen) atoms. The number of unbranched alkanes of at least 4 members (excludes halogenated alkanes) is 3. The molecule has 0 aromatic heterocycles. The Labute approximate surface area is 306 Å². The molecule has 0 amide bonds. The van der Waals surface area contributed by atoms with Crippen LogP contribution in [0, 0.1) is 5.41 Å². The van der Waals surface area contributed by atoms with Gasteiger partial charge in [-0.2, -0.15) is 0 Å². The maximum Gasteiger partial charge on any atom is 0.333 e. The van der Waals surface area contributed by atoms with E-state index in [-0.39, 0.29) is 19.8 Å². The highest BCUT2D eigenvalue weighted by molar-refractivity contribution is 5.87. The second-order valence-corrected chi connectivity index (χ2v) is 14.0. The second-order valence-electron chi connectivity index (χ2n) is 14.0. The normalized spacial score (nSPS) is 11.4. The fourth-order valence-corrected chi connectivity index (χ4v) is 6.53. The lowest BCUT2D eigenvalue weighted by atomic mass is 9.81. The van der Waals surface area contributed by atoms with Crippen LogP contribution in [0.1, 0.15) is 89.3 Å². The molecular formula is C46H58O5. The average molecular weight is 691 g/mol. The first kappa shape index (κ1) is 39.6. The summed E-state index contributed by atoms with van der Waals surface area (Å²) >= 11 is 0. The lowest BCUT2D eigenvalue weighted by Gasteiger charge is -2.30. The Balaban J connectivity index is 1.54. The van der Waals surface area contributed by atoms with Crippen LogP contribution in [-0.2, 0) is 28.8 Å². The van der Waals surface area contributed by atoms with E-state index in [2.05, 4.69) is 106 Å². The van der Waals surface area contributed by atoms with E-state index < -0.39 is 11.4 Å². The molecule has 4 aromatic rings. The molecule has 0 heterocycles. The van der Waals surface area contributed by atoms with Gasteiger partial charge in [0.2, 0.25) is 0 Å². The van der Waals surface area contributed by atoms with Gasteiger partial charge in [0.15, 0.2) is 0 Å². The SMILES string of the molecule is C=C(C)C(=O)OCCc1cc(-c2ccc(-c3ccc(-c4ccc(CCCCC)cc4)cc3)cc2CC)ccc1OCCC(CO)(CO)CCCC. The summed E-state index contributed by atoms with van der Waals surface area (Å²) in [4.78, 5) is 12.1. The largest absolute Gasteiger partial charge is 0.493 e. The third-order valence-corrected chi connectivity index (χ3v) is 10.0. The van der Waals surface area contributed by atoms with Crippen LogP contribution in [0.4, 0.5) is 0 Å². The molecule has 4 rings (SSSR count). The van der Waals surface area contributed by atoms with Crippen LogP contribution in [0.25, 0.3) is 33.4 Å². The minimum atomic E-state index is -0.565. The fraction of sp³-hybridized carbons (Fsp3) is 0.413. The van der Waals surface area contributed by atoms with Crippen molar-refractivity contribution in [2.75, 3.05) is 26.4 Å². The minimum absolute atomic E-state index is 0.0809. The van der Waals surface area contributed by atoms with Gasteiger partial charge in [0.05, 0.1) is 26.4 Å². The first-order valence-electron chi connectivity index (χ1n) is 18.9. The van der Waals surface area contributed by atoms with Crippen LogP contribution in [-0.4, -0.2) is 42.6 Å². The van der Waals surface area contributed by atoms with E-state index in [1.54, 1.807) is 6.92 Å².